The van der Waals surface area contributed by atoms with Crippen molar-refractivity contribution in [3.63, 3.8) is 0 Å². The van der Waals surface area contributed by atoms with E-state index < -0.39 is 0 Å². The van der Waals surface area contributed by atoms with Gasteiger partial charge >= 0.3 is 0 Å². The van der Waals surface area contributed by atoms with E-state index in [4.69, 9.17) is 0 Å². The van der Waals surface area contributed by atoms with Gasteiger partial charge in [-0.1, -0.05) is 39.0 Å². The van der Waals surface area contributed by atoms with Gasteiger partial charge in [0.15, 0.2) is 0 Å². The molecule has 0 aromatic carbocycles. The van der Waals surface area contributed by atoms with Gasteiger partial charge < -0.3 is 5.11 Å². The van der Waals surface area contributed by atoms with Crippen LogP contribution >= 0.6 is 0 Å². The van der Waals surface area contributed by atoms with Gasteiger partial charge in [0.05, 0.1) is 6.10 Å². The van der Waals surface area contributed by atoms with Gasteiger partial charge in [-0.2, -0.15) is 0 Å². The maximum Gasteiger partial charge on any atom is 0.0784 e. The Hall–Kier alpha value is -0.560. The summed E-state index contributed by atoms with van der Waals surface area (Å²) < 4.78 is 0. The van der Waals surface area contributed by atoms with Crippen LogP contribution in [0.25, 0.3) is 0 Å². The second kappa shape index (κ2) is 10.4. The lowest BCUT2D eigenvalue weighted by atomic mass is 10.1. The van der Waals surface area contributed by atoms with Crippen LogP contribution in [0.4, 0.5) is 0 Å². The minimum Gasteiger partial charge on any atom is -0.388 e. The molecule has 1 unspecified atom stereocenters. The molecule has 0 radical (unpaired) electrons. The fourth-order valence-corrected chi connectivity index (χ4v) is 0.828. The highest BCUT2D eigenvalue weighted by Gasteiger charge is 2.01. The molecule has 0 bridgehead atoms. The maximum absolute atomic E-state index is 9.33. The summed E-state index contributed by atoms with van der Waals surface area (Å²) >= 11 is 0. The fraction of sp³-hybridized carbons (Fsp3) is 0.636. The molecule has 0 aromatic heterocycles. The van der Waals surface area contributed by atoms with Gasteiger partial charge in [0.25, 0.3) is 0 Å². The Morgan fingerprint density at radius 1 is 1.33 bits per heavy atom. The third kappa shape index (κ3) is 6.17. The minimum absolute atomic E-state index is 0.291. The second-order valence-electron chi connectivity index (χ2n) is 2.21. The van der Waals surface area contributed by atoms with Crippen molar-refractivity contribution in [2.24, 2.45) is 0 Å². The topological polar surface area (TPSA) is 20.2 Å². The first-order valence-corrected chi connectivity index (χ1v) is 4.73. The Morgan fingerprint density at radius 2 is 1.83 bits per heavy atom. The number of rotatable bonds is 3. The van der Waals surface area contributed by atoms with E-state index in [1.165, 1.54) is 0 Å². The predicted octanol–water partition coefficient (Wildman–Crippen LogP) is 3.31. The largest absolute Gasteiger partial charge is 0.388 e. The van der Waals surface area contributed by atoms with E-state index in [1.807, 2.05) is 52.8 Å². The monoisotopic (exact) mass is 170 g/mol. The zero-order valence-corrected chi connectivity index (χ0v) is 8.96. The van der Waals surface area contributed by atoms with Gasteiger partial charge in [-0.15, -0.1) is 0 Å². The summed E-state index contributed by atoms with van der Waals surface area (Å²) in [6.07, 6.45) is 6.31. The smallest absolute Gasteiger partial charge is 0.0784 e. The van der Waals surface area contributed by atoms with Crippen LogP contribution in [0, 0.1) is 0 Å². The Labute approximate surface area is 76.8 Å². The Kier molecular flexibility index (Phi) is 12.2. The first kappa shape index (κ1) is 14.0. The van der Waals surface area contributed by atoms with Gasteiger partial charge in [0, 0.05) is 0 Å². The highest BCUT2D eigenvalue weighted by Crippen LogP contribution is 2.06. The quantitative estimate of drug-likeness (QED) is 0.644. The van der Waals surface area contributed by atoms with Crippen LogP contribution in [0.1, 0.15) is 41.0 Å². The summed E-state index contributed by atoms with van der Waals surface area (Å²) in [6, 6.07) is 0. The molecule has 0 amide bonds. The van der Waals surface area contributed by atoms with Gasteiger partial charge in [0.2, 0.25) is 0 Å². The first-order chi connectivity index (χ1) is 5.76. The molecule has 0 heterocycles. The zero-order valence-electron chi connectivity index (χ0n) is 8.96. The molecular formula is C11H22O. The Bertz CT molecular complexity index is 134. The molecule has 1 heteroatoms. The van der Waals surface area contributed by atoms with Crippen molar-refractivity contribution in [3.05, 3.63) is 23.8 Å². The number of hydrogen-bond donors (Lipinski definition) is 1. The van der Waals surface area contributed by atoms with E-state index in [0.29, 0.717) is 0 Å². The summed E-state index contributed by atoms with van der Waals surface area (Å²) in [7, 11) is 0. The molecule has 0 saturated carbocycles. The Balaban J connectivity index is 0. The molecule has 1 atom stereocenters. The molecule has 0 aliphatic heterocycles. The van der Waals surface area contributed by atoms with Crippen molar-refractivity contribution in [1.29, 1.82) is 0 Å². The standard InChI is InChI=1S/C9H16O.C2H6/c1-4-7-8(5-2)9(10)6-3;1-2/h4-5,7,9-10H,6H2,1-3H3;1-2H3/b7-4-,8-5+;. The fourth-order valence-electron chi connectivity index (χ4n) is 0.828. The van der Waals surface area contributed by atoms with Crippen LogP contribution in [0.15, 0.2) is 23.8 Å². The molecule has 0 fully saturated rings. The SMILES string of the molecule is C/C=C\C(=C/C)C(O)CC.CC. The molecule has 0 rings (SSSR count). The normalized spacial score (nSPS) is 14.0. The van der Waals surface area contributed by atoms with Gasteiger partial charge in [-0.25, -0.2) is 0 Å². The molecule has 1 N–H and O–H groups in total. The van der Waals surface area contributed by atoms with Crippen LogP contribution in [0.5, 0.6) is 0 Å². The lowest BCUT2D eigenvalue weighted by Gasteiger charge is -2.07. The molecule has 0 saturated heterocycles. The maximum atomic E-state index is 9.33. The Morgan fingerprint density at radius 3 is 2.08 bits per heavy atom. The zero-order chi connectivity index (χ0) is 9.98. The number of hydrogen-bond acceptors (Lipinski definition) is 1. The van der Waals surface area contributed by atoms with Crippen molar-refractivity contribution in [2.45, 2.75) is 47.1 Å². The molecule has 0 aliphatic rings. The van der Waals surface area contributed by atoms with E-state index in [1.54, 1.807) is 0 Å². The lowest BCUT2D eigenvalue weighted by Crippen LogP contribution is -2.05. The van der Waals surface area contributed by atoms with Gasteiger partial charge in [-0.3, -0.25) is 0 Å². The van der Waals surface area contributed by atoms with Crippen LogP contribution in [0.3, 0.4) is 0 Å². The molecule has 0 aromatic rings. The average Bonchev–Trinajstić information content (AvgIpc) is 2.16. The number of aliphatic hydroxyl groups is 1. The second-order valence-corrected chi connectivity index (χ2v) is 2.21. The minimum atomic E-state index is -0.291. The summed E-state index contributed by atoms with van der Waals surface area (Å²) in [6.45, 7) is 9.86. The molecular weight excluding hydrogens is 148 g/mol. The van der Waals surface area contributed by atoms with Crippen molar-refractivity contribution >= 4 is 0 Å². The van der Waals surface area contributed by atoms with E-state index in [2.05, 4.69) is 0 Å². The third-order valence-corrected chi connectivity index (χ3v) is 1.46. The van der Waals surface area contributed by atoms with Crippen LogP contribution in [-0.2, 0) is 0 Å². The molecule has 1 nitrogen and oxygen atoms in total. The predicted molar refractivity (Wildman–Crippen MR) is 56.2 cm³/mol. The van der Waals surface area contributed by atoms with Crippen molar-refractivity contribution in [1.82, 2.24) is 0 Å². The lowest BCUT2D eigenvalue weighted by molar-refractivity contribution is 0.210. The highest BCUT2D eigenvalue weighted by molar-refractivity contribution is 5.21. The molecule has 0 spiro atoms. The van der Waals surface area contributed by atoms with E-state index >= 15 is 0 Å². The highest BCUT2D eigenvalue weighted by atomic mass is 16.3. The van der Waals surface area contributed by atoms with E-state index in [-0.39, 0.29) is 6.10 Å². The van der Waals surface area contributed by atoms with Crippen LogP contribution in [0.2, 0.25) is 0 Å². The van der Waals surface area contributed by atoms with Crippen molar-refractivity contribution in [2.75, 3.05) is 0 Å². The summed E-state index contributed by atoms with van der Waals surface area (Å²) in [5.41, 5.74) is 1.00. The summed E-state index contributed by atoms with van der Waals surface area (Å²) in [5.74, 6) is 0. The van der Waals surface area contributed by atoms with Gasteiger partial charge in [0.1, 0.15) is 0 Å². The van der Waals surface area contributed by atoms with Crippen LogP contribution < -0.4 is 0 Å². The molecule has 12 heavy (non-hydrogen) atoms. The first-order valence-electron chi connectivity index (χ1n) is 4.73. The average molecular weight is 170 g/mol. The molecule has 0 aliphatic carbocycles. The number of aliphatic hydroxyl groups excluding tert-OH is 1. The molecule has 72 valence electrons. The van der Waals surface area contributed by atoms with Crippen molar-refractivity contribution in [3.8, 4) is 0 Å². The number of allylic oxidation sites excluding steroid dienone is 2. The van der Waals surface area contributed by atoms with Crippen molar-refractivity contribution < 1.29 is 5.11 Å². The summed E-state index contributed by atoms with van der Waals surface area (Å²) in [5, 5.41) is 9.33. The summed E-state index contributed by atoms with van der Waals surface area (Å²) in [4.78, 5) is 0. The van der Waals surface area contributed by atoms with E-state index in [9.17, 15) is 5.11 Å². The van der Waals surface area contributed by atoms with Gasteiger partial charge in [-0.05, 0) is 25.8 Å². The third-order valence-electron chi connectivity index (χ3n) is 1.46. The van der Waals surface area contributed by atoms with E-state index in [0.717, 1.165) is 12.0 Å². The van der Waals surface area contributed by atoms with Crippen LogP contribution in [-0.4, -0.2) is 11.2 Å².